The van der Waals surface area contributed by atoms with E-state index in [0.29, 0.717) is 5.02 Å². The van der Waals surface area contributed by atoms with Crippen LogP contribution in [-0.4, -0.2) is 17.9 Å². The van der Waals surface area contributed by atoms with Gasteiger partial charge in [-0.1, -0.05) is 24.6 Å². The van der Waals surface area contributed by atoms with Crippen LogP contribution in [0.3, 0.4) is 0 Å². The maximum Gasteiger partial charge on any atom is 0.244 e. The van der Waals surface area contributed by atoms with Gasteiger partial charge >= 0.3 is 0 Å². The lowest BCUT2D eigenvalue weighted by Crippen LogP contribution is -2.20. The lowest BCUT2D eigenvalue weighted by Gasteiger charge is -2.08. The third kappa shape index (κ3) is 5.19. The Balaban J connectivity index is 1.97. The molecule has 0 unspecified atom stereocenters. The van der Waals surface area contributed by atoms with Crippen molar-refractivity contribution >= 4 is 46.8 Å². The van der Waals surface area contributed by atoms with Crippen molar-refractivity contribution in [2.75, 3.05) is 5.75 Å². The minimum Gasteiger partial charge on any atom is -0.273 e. The van der Waals surface area contributed by atoms with E-state index in [4.69, 9.17) is 11.6 Å². The molecule has 0 fully saturated rings. The van der Waals surface area contributed by atoms with E-state index in [-0.39, 0.29) is 12.3 Å². The molecule has 3 nitrogen and oxygen atoms in total. The molecule has 0 saturated carbocycles. The number of hydrogen-bond acceptors (Lipinski definition) is 4. The van der Waals surface area contributed by atoms with E-state index in [2.05, 4.69) is 17.5 Å². The van der Waals surface area contributed by atoms with Crippen LogP contribution in [0, 0.1) is 0 Å². The van der Waals surface area contributed by atoms with Gasteiger partial charge in [0.15, 0.2) is 0 Å². The topological polar surface area (TPSA) is 41.5 Å². The summed E-state index contributed by atoms with van der Waals surface area (Å²) < 4.78 is 0. The highest BCUT2D eigenvalue weighted by Gasteiger charge is 2.08. The molecule has 0 atom stereocenters. The van der Waals surface area contributed by atoms with E-state index in [1.165, 1.54) is 0 Å². The highest BCUT2D eigenvalue weighted by Crippen LogP contribution is 2.26. The average molecular weight is 339 g/mol. The number of benzene rings is 1. The highest BCUT2D eigenvalue weighted by atomic mass is 35.5. The van der Waals surface area contributed by atoms with Gasteiger partial charge in [-0.3, -0.25) is 4.79 Å². The molecule has 21 heavy (non-hydrogen) atoms. The molecule has 6 heteroatoms. The highest BCUT2D eigenvalue weighted by molar-refractivity contribution is 7.99. The molecule has 2 aromatic rings. The van der Waals surface area contributed by atoms with Crippen molar-refractivity contribution in [1.29, 1.82) is 0 Å². The van der Waals surface area contributed by atoms with Crippen molar-refractivity contribution in [3.05, 3.63) is 51.2 Å². The zero-order chi connectivity index (χ0) is 15.1. The Morgan fingerprint density at radius 1 is 1.48 bits per heavy atom. The number of hydrazone groups is 1. The summed E-state index contributed by atoms with van der Waals surface area (Å²) in [6.07, 6.45) is 1.91. The lowest BCUT2D eigenvalue weighted by molar-refractivity contribution is -0.120. The van der Waals surface area contributed by atoms with Gasteiger partial charge in [0.25, 0.3) is 0 Å². The zero-order valence-electron chi connectivity index (χ0n) is 11.5. The third-order valence-corrected chi connectivity index (χ3v) is 4.64. The molecule has 2 rings (SSSR count). The maximum absolute atomic E-state index is 11.9. The molecule has 0 radical (unpaired) electrons. The number of halogens is 1. The van der Waals surface area contributed by atoms with E-state index in [9.17, 15) is 4.79 Å². The Kier molecular flexibility index (Phi) is 6.29. The van der Waals surface area contributed by atoms with Crippen LogP contribution in [0.25, 0.3) is 0 Å². The Hall–Kier alpha value is -1.30. The Morgan fingerprint density at radius 3 is 3.05 bits per heavy atom. The number of carbonyl (C=O) groups is 1. The predicted octanol–water partition coefficient (Wildman–Crippen LogP) is 4.21. The van der Waals surface area contributed by atoms with Crippen LogP contribution in [0.15, 0.2) is 45.7 Å². The van der Waals surface area contributed by atoms with Crippen molar-refractivity contribution in [1.82, 2.24) is 5.43 Å². The molecule has 1 aromatic heterocycles. The van der Waals surface area contributed by atoms with Gasteiger partial charge in [0.05, 0.1) is 12.6 Å². The SMILES string of the molecule is CCSc1ccc(Cl)cc1CC(=O)N/N=C\c1cccs1. The first-order valence-electron chi connectivity index (χ1n) is 6.45. The molecule has 1 heterocycles. The fourth-order valence-electron chi connectivity index (χ4n) is 1.73. The van der Waals surface area contributed by atoms with Gasteiger partial charge in [-0.05, 0) is 41.0 Å². The van der Waals surface area contributed by atoms with Crippen LogP contribution in [0.1, 0.15) is 17.4 Å². The molecule has 1 N–H and O–H groups in total. The molecule has 0 aliphatic rings. The van der Waals surface area contributed by atoms with Gasteiger partial charge in [-0.15, -0.1) is 23.1 Å². The zero-order valence-corrected chi connectivity index (χ0v) is 13.9. The molecule has 0 aliphatic heterocycles. The number of thiophene rings is 1. The summed E-state index contributed by atoms with van der Waals surface area (Å²) in [6.45, 7) is 2.08. The van der Waals surface area contributed by atoms with Crippen LogP contribution in [-0.2, 0) is 11.2 Å². The van der Waals surface area contributed by atoms with Gasteiger partial charge in [-0.2, -0.15) is 5.10 Å². The standard InChI is InChI=1S/C15H15ClN2OS2/c1-2-20-14-6-5-12(16)8-11(14)9-15(19)18-17-10-13-4-3-7-21-13/h3-8,10H,2,9H2,1H3,(H,18,19)/b17-10-. The summed E-state index contributed by atoms with van der Waals surface area (Å²) in [5, 5.41) is 6.55. The van der Waals surface area contributed by atoms with E-state index in [1.54, 1.807) is 29.3 Å². The van der Waals surface area contributed by atoms with E-state index >= 15 is 0 Å². The number of nitrogens with zero attached hydrogens (tertiary/aromatic N) is 1. The third-order valence-electron chi connectivity index (χ3n) is 2.60. The van der Waals surface area contributed by atoms with Gasteiger partial charge in [0.1, 0.15) is 0 Å². The fraction of sp³-hybridized carbons (Fsp3) is 0.200. The van der Waals surface area contributed by atoms with Gasteiger partial charge < -0.3 is 0 Å². The summed E-state index contributed by atoms with van der Waals surface area (Å²) in [7, 11) is 0. The Bertz CT molecular complexity index is 627. The van der Waals surface area contributed by atoms with E-state index < -0.39 is 0 Å². The second-order valence-corrected chi connectivity index (χ2v) is 6.89. The molecule has 1 aromatic carbocycles. The van der Waals surface area contributed by atoms with E-state index in [1.807, 2.05) is 35.7 Å². The Morgan fingerprint density at radius 2 is 2.33 bits per heavy atom. The number of nitrogens with one attached hydrogen (secondary N) is 1. The number of rotatable bonds is 6. The van der Waals surface area contributed by atoms with Gasteiger partial charge in [-0.25, -0.2) is 5.43 Å². The van der Waals surface area contributed by atoms with Crippen LogP contribution >= 0.6 is 34.7 Å². The van der Waals surface area contributed by atoms with Crippen molar-refractivity contribution in [3.63, 3.8) is 0 Å². The minimum atomic E-state index is -0.150. The summed E-state index contributed by atoms with van der Waals surface area (Å²) in [4.78, 5) is 14.0. The number of thioether (sulfide) groups is 1. The molecule has 0 aliphatic carbocycles. The summed E-state index contributed by atoms with van der Waals surface area (Å²) in [6, 6.07) is 9.51. The first-order valence-corrected chi connectivity index (χ1v) is 8.70. The van der Waals surface area contributed by atoms with Crippen LogP contribution < -0.4 is 5.43 Å². The molecular formula is C15H15ClN2OS2. The van der Waals surface area contributed by atoms with E-state index in [0.717, 1.165) is 21.1 Å². The predicted molar refractivity (Wildman–Crippen MR) is 91.6 cm³/mol. The minimum absolute atomic E-state index is 0.150. The number of hydrogen-bond donors (Lipinski definition) is 1. The molecule has 1 amide bonds. The monoisotopic (exact) mass is 338 g/mol. The molecular weight excluding hydrogens is 324 g/mol. The first-order chi connectivity index (χ1) is 10.2. The fourth-order valence-corrected chi connectivity index (χ4v) is 3.30. The maximum atomic E-state index is 11.9. The van der Waals surface area contributed by atoms with Gasteiger partial charge in [0, 0.05) is 14.8 Å². The molecule has 0 bridgehead atoms. The first kappa shape index (κ1) is 16.1. The molecule has 0 saturated heterocycles. The van der Waals surface area contributed by atoms with Gasteiger partial charge in [0.2, 0.25) is 5.91 Å². The largest absolute Gasteiger partial charge is 0.273 e. The smallest absolute Gasteiger partial charge is 0.244 e. The van der Waals surface area contributed by atoms with Crippen LogP contribution in [0.5, 0.6) is 0 Å². The summed E-state index contributed by atoms with van der Waals surface area (Å²) in [5.41, 5.74) is 3.47. The normalized spacial score (nSPS) is 11.0. The quantitative estimate of drug-likeness (QED) is 0.487. The van der Waals surface area contributed by atoms with Crippen molar-refractivity contribution in [2.24, 2.45) is 5.10 Å². The van der Waals surface area contributed by atoms with Crippen molar-refractivity contribution < 1.29 is 4.79 Å². The molecule has 0 spiro atoms. The van der Waals surface area contributed by atoms with Crippen molar-refractivity contribution in [3.8, 4) is 0 Å². The average Bonchev–Trinajstić information content (AvgIpc) is 2.95. The number of carbonyl (C=O) groups excluding carboxylic acids is 1. The Labute approximate surface area is 137 Å². The second-order valence-electron chi connectivity index (χ2n) is 4.17. The second kappa shape index (κ2) is 8.22. The number of amides is 1. The summed E-state index contributed by atoms with van der Waals surface area (Å²) >= 11 is 9.27. The van der Waals surface area contributed by atoms with Crippen LogP contribution in [0.4, 0.5) is 0 Å². The van der Waals surface area contributed by atoms with Crippen LogP contribution in [0.2, 0.25) is 5.02 Å². The summed E-state index contributed by atoms with van der Waals surface area (Å²) in [5.74, 6) is 0.801. The van der Waals surface area contributed by atoms with Crippen molar-refractivity contribution in [2.45, 2.75) is 18.2 Å². The lowest BCUT2D eigenvalue weighted by atomic mass is 10.1. The molecule has 110 valence electrons.